The van der Waals surface area contributed by atoms with Crippen LogP contribution in [0.4, 0.5) is 5.95 Å². The standard InChI is InChI=1S/C16H17N7O/c1-10-4-3-5-13-19-11(9-23(10)13)6-7-17-16-20-14-12(15(24)21-16)8-18-22(14)2/h3-5,8-9H,6-7H2,1-2H3,(H2,17,20,21,24). The Labute approximate surface area is 137 Å². The Morgan fingerprint density at radius 1 is 1.29 bits per heavy atom. The minimum absolute atomic E-state index is 0.195. The Bertz CT molecular complexity index is 1090. The zero-order valence-electron chi connectivity index (χ0n) is 13.4. The van der Waals surface area contributed by atoms with Gasteiger partial charge in [-0.1, -0.05) is 6.07 Å². The van der Waals surface area contributed by atoms with Gasteiger partial charge in [0.25, 0.3) is 5.56 Å². The Morgan fingerprint density at radius 2 is 2.17 bits per heavy atom. The Kier molecular flexibility index (Phi) is 3.30. The van der Waals surface area contributed by atoms with Crippen molar-refractivity contribution >= 4 is 22.6 Å². The number of aromatic amines is 1. The van der Waals surface area contributed by atoms with Gasteiger partial charge in [0.05, 0.1) is 11.9 Å². The number of rotatable bonds is 4. The Hall–Kier alpha value is -3.16. The summed E-state index contributed by atoms with van der Waals surface area (Å²) in [7, 11) is 1.76. The van der Waals surface area contributed by atoms with E-state index in [9.17, 15) is 4.79 Å². The summed E-state index contributed by atoms with van der Waals surface area (Å²) in [4.78, 5) is 23.7. The second-order valence-corrected chi connectivity index (χ2v) is 5.72. The number of pyridine rings is 1. The van der Waals surface area contributed by atoms with Crippen LogP contribution in [0, 0.1) is 6.92 Å². The third-order valence-corrected chi connectivity index (χ3v) is 4.02. The van der Waals surface area contributed by atoms with E-state index < -0.39 is 0 Å². The molecule has 4 aromatic heterocycles. The van der Waals surface area contributed by atoms with Crippen LogP contribution in [-0.2, 0) is 13.5 Å². The fourth-order valence-corrected chi connectivity index (χ4v) is 2.74. The van der Waals surface area contributed by atoms with E-state index in [1.807, 2.05) is 18.3 Å². The molecule has 0 saturated carbocycles. The highest BCUT2D eigenvalue weighted by atomic mass is 16.1. The third-order valence-electron chi connectivity index (χ3n) is 4.02. The SMILES string of the molecule is Cc1cccc2nc(CCNc3nc4c(cnn4C)c(=O)[nH]3)cn12. The van der Waals surface area contributed by atoms with Crippen molar-refractivity contribution in [3.63, 3.8) is 0 Å². The molecule has 0 spiro atoms. The minimum Gasteiger partial charge on any atom is -0.355 e. The minimum atomic E-state index is -0.195. The molecular formula is C16H17N7O. The van der Waals surface area contributed by atoms with E-state index in [0.29, 0.717) is 23.5 Å². The molecule has 122 valence electrons. The topological polar surface area (TPSA) is 92.9 Å². The van der Waals surface area contributed by atoms with E-state index in [-0.39, 0.29) is 5.56 Å². The molecular weight excluding hydrogens is 306 g/mol. The zero-order valence-corrected chi connectivity index (χ0v) is 13.4. The smallest absolute Gasteiger partial charge is 0.263 e. The maximum absolute atomic E-state index is 12.0. The number of fused-ring (bicyclic) bond motifs is 2. The molecule has 0 bridgehead atoms. The third kappa shape index (κ3) is 2.41. The van der Waals surface area contributed by atoms with Crippen LogP contribution in [0.1, 0.15) is 11.4 Å². The molecule has 0 aromatic carbocycles. The van der Waals surface area contributed by atoms with Gasteiger partial charge >= 0.3 is 0 Å². The van der Waals surface area contributed by atoms with Crippen molar-refractivity contribution in [1.82, 2.24) is 29.1 Å². The maximum Gasteiger partial charge on any atom is 0.263 e. The van der Waals surface area contributed by atoms with Crippen molar-refractivity contribution in [1.29, 1.82) is 0 Å². The summed E-state index contributed by atoms with van der Waals surface area (Å²) in [6.45, 7) is 2.67. The molecule has 8 nitrogen and oxygen atoms in total. The molecule has 0 atom stereocenters. The van der Waals surface area contributed by atoms with Crippen molar-refractivity contribution in [3.05, 3.63) is 52.3 Å². The first-order valence-electron chi connectivity index (χ1n) is 7.71. The lowest BCUT2D eigenvalue weighted by Crippen LogP contribution is -2.15. The van der Waals surface area contributed by atoms with Crippen molar-refractivity contribution in [2.45, 2.75) is 13.3 Å². The van der Waals surface area contributed by atoms with Gasteiger partial charge in [-0.15, -0.1) is 0 Å². The monoisotopic (exact) mass is 323 g/mol. The van der Waals surface area contributed by atoms with E-state index >= 15 is 0 Å². The van der Waals surface area contributed by atoms with Gasteiger partial charge in [-0.05, 0) is 19.1 Å². The van der Waals surface area contributed by atoms with Crippen molar-refractivity contribution in [3.8, 4) is 0 Å². The predicted molar refractivity (Wildman–Crippen MR) is 91.3 cm³/mol. The molecule has 0 saturated heterocycles. The maximum atomic E-state index is 12.0. The van der Waals surface area contributed by atoms with Gasteiger partial charge in [0.1, 0.15) is 11.0 Å². The van der Waals surface area contributed by atoms with Crippen LogP contribution in [0.3, 0.4) is 0 Å². The van der Waals surface area contributed by atoms with Gasteiger partial charge < -0.3 is 9.72 Å². The molecule has 4 rings (SSSR count). The molecule has 2 N–H and O–H groups in total. The highest BCUT2D eigenvalue weighted by molar-refractivity contribution is 5.74. The largest absolute Gasteiger partial charge is 0.355 e. The quantitative estimate of drug-likeness (QED) is 0.590. The van der Waals surface area contributed by atoms with E-state index in [2.05, 4.69) is 42.8 Å². The van der Waals surface area contributed by atoms with Crippen LogP contribution in [0.2, 0.25) is 0 Å². The van der Waals surface area contributed by atoms with Crippen molar-refractivity contribution < 1.29 is 0 Å². The molecule has 8 heteroatoms. The number of nitrogens with zero attached hydrogens (tertiary/aromatic N) is 5. The first-order valence-corrected chi connectivity index (χ1v) is 7.71. The summed E-state index contributed by atoms with van der Waals surface area (Å²) in [6, 6.07) is 6.03. The average molecular weight is 323 g/mol. The molecule has 24 heavy (non-hydrogen) atoms. The Balaban J connectivity index is 1.51. The average Bonchev–Trinajstić information content (AvgIpc) is 3.13. The first kappa shape index (κ1) is 14.4. The molecule has 0 fully saturated rings. The van der Waals surface area contributed by atoms with Gasteiger partial charge in [-0.3, -0.25) is 14.5 Å². The lowest BCUT2D eigenvalue weighted by Gasteiger charge is -2.04. The number of H-pyrrole nitrogens is 1. The lowest BCUT2D eigenvalue weighted by molar-refractivity contribution is 0.785. The number of aryl methyl sites for hydroxylation is 2. The molecule has 0 aliphatic heterocycles. The van der Waals surface area contributed by atoms with Gasteiger partial charge in [-0.2, -0.15) is 10.1 Å². The van der Waals surface area contributed by atoms with Gasteiger partial charge in [0.2, 0.25) is 5.95 Å². The van der Waals surface area contributed by atoms with Crippen LogP contribution < -0.4 is 10.9 Å². The van der Waals surface area contributed by atoms with Crippen molar-refractivity contribution in [2.75, 3.05) is 11.9 Å². The molecule has 0 aliphatic carbocycles. The van der Waals surface area contributed by atoms with Gasteiger partial charge in [-0.25, -0.2) is 4.98 Å². The number of nitrogens with one attached hydrogen (secondary N) is 2. The fourth-order valence-electron chi connectivity index (χ4n) is 2.74. The van der Waals surface area contributed by atoms with E-state index in [1.165, 1.54) is 6.20 Å². The number of hydrogen-bond donors (Lipinski definition) is 2. The summed E-state index contributed by atoms with van der Waals surface area (Å²) >= 11 is 0. The van der Waals surface area contributed by atoms with Crippen LogP contribution in [0.25, 0.3) is 16.7 Å². The number of aromatic nitrogens is 6. The number of anilines is 1. The molecule has 0 amide bonds. The highest BCUT2D eigenvalue weighted by Crippen LogP contribution is 2.10. The van der Waals surface area contributed by atoms with Gasteiger partial charge in [0, 0.05) is 31.9 Å². The highest BCUT2D eigenvalue weighted by Gasteiger charge is 2.08. The van der Waals surface area contributed by atoms with Crippen LogP contribution in [0.15, 0.2) is 35.4 Å². The predicted octanol–water partition coefficient (Wildman–Crippen LogP) is 1.27. The number of imidazole rings is 1. The van der Waals surface area contributed by atoms with Crippen LogP contribution >= 0.6 is 0 Å². The van der Waals surface area contributed by atoms with Crippen LogP contribution in [0.5, 0.6) is 0 Å². The lowest BCUT2D eigenvalue weighted by atomic mass is 10.3. The molecule has 0 unspecified atom stereocenters. The van der Waals surface area contributed by atoms with Crippen molar-refractivity contribution in [2.24, 2.45) is 7.05 Å². The first-order chi connectivity index (χ1) is 11.6. The molecule has 4 aromatic rings. The second kappa shape index (κ2) is 5.48. The second-order valence-electron chi connectivity index (χ2n) is 5.72. The normalized spacial score (nSPS) is 11.4. The number of hydrogen-bond acceptors (Lipinski definition) is 5. The molecule has 0 aliphatic rings. The van der Waals surface area contributed by atoms with E-state index in [4.69, 9.17) is 0 Å². The Morgan fingerprint density at radius 3 is 3.00 bits per heavy atom. The fraction of sp³-hybridized carbons (Fsp3) is 0.250. The van der Waals surface area contributed by atoms with Crippen LogP contribution in [-0.4, -0.2) is 35.7 Å². The van der Waals surface area contributed by atoms with Gasteiger partial charge in [0.15, 0.2) is 5.65 Å². The summed E-state index contributed by atoms with van der Waals surface area (Å²) in [6.07, 6.45) is 4.28. The summed E-state index contributed by atoms with van der Waals surface area (Å²) in [5.41, 5.74) is 3.43. The molecule has 4 heterocycles. The molecule has 0 radical (unpaired) electrons. The van der Waals surface area contributed by atoms with E-state index in [0.717, 1.165) is 23.5 Å². The zero-order chi connectivity index (χ0) is 16.7. The van der Waals surface area contributed by atoms with E-state index in [1.54, 1.807) is 11.7 Å². The summed E-state index contributed by atoms with van der Waals surface area (Å²) in [5, 5.41) is 7.68. The summed E-state index contributed by atoms with van der Waals surface area (Å²) in [5.74, 6) is 0.441. The summed E-state index contributed by atoms with van der Waals surface area (Å²) < 4.78 is 3.65.